The van der Waals surface area contributed by atoms with Crippen LogP contribution in [-0.2, 0) is 0 Å². The summed E-state index contributed by atoms with van der Waals surface area (Å²) in [6.07, 6.45) is 0. The lowest BCUT2D eigenvalue weighted by molar-refractivity contribution is -0.443. The van der Waals surface area contributed by atoms with Gasteiger partial charge in [0.15, 0.2) is 5.75 Å². The fourth-order valence-corrected chi connectivity index (χ4v) is 1.35. The van der Waals surface area contributed by atoms with Crippen LogP contribution >= 0.6 is 23.2 Å². The monoisotopic (exact) mass is 221 g/mol. The van der Waals surface area contributed by atoms with E-state index in [1.807, 2.05) is 0 Å². The van der Waals surface area contributed by atoms with Gasteiger partial charge in [-0.15, -0.1) is 0 Å². The average Bonchev–Trinajstić information content (AvgIpc) is 2.10. The molecule has 72 valence electrons. The van der Waals surface area contributed by atoms with E-state index in [1.165, 1.54) is 0 Å². The van der Waals surface area contributed by atoms with E-state index < -0.39 is 0 Å². The molecular weight excluding hydrogens is 211 g/mol. The van der Waals surface area contributed by atoms with Crippen molar-refractivity contribution in [2.24, 2.45) is 0 Å². The van der Waals surface area contributed by atoms with Crippen molar-refractivity contribution in [2.75, 3.05) is 13.2 Å². The molecular formula is C8H11Cl2N2O+. The van der Waals surface area contributed by atoms with Gasteiger partial charge in [-0.2, -0.15) is 5.43 Å². The molecule has 0 aromatic heterocycles. The molecule has 0 fully saturated rings. The second kappa shape index (κ2) is 5.29. The fraction of sp³-hybridized carbons (Fsp3) is 0.250. The summed E-state index contributed by atoms with van der Waals surface area (Å²) in [4.78, 5) is 0. The second-order valence-corrected chi connectivity index (χ2v) is 3.21. The van der Waals surface area contributed by atoms with E-state index in [-0.39, 0.29) is 0 Å². The van der Waals surface area contributed by atoms with Gasteiger partial charge in [-0.25, -0.2) is 0 Å². The molecule has 1 aromatic rings. The van der Waals surface area contributed by atoms with Gasteiger partial charge in [-0.1, -0.05) is 29.3 Å². The van der Waals surface area contributed by atoms with E-state index in [2.05, 4.69) is 11.3 Å². The van der Waals surface area contributed by atoms with Crippen LogP contribution in [0.5, 0.6) is 5.75 Å². The Bertz CT molecular complexity index is 261. The van der Waals surface area contributed by atoms with Crippen LogP contribution in [0.1, 0.15) is 0 Å². The van der Waals surface area contributed by atoms with E-state index >= 15 is 0 Å². The molecule has 1 aromatic carbocycles. The number of nitrogens with one attached hydrogen (secondary N) is 1. The number of benzene rings is 1. The van der Waals surface area contributed by atoms with Crippen LogP contribution in [0, 0.1) is 0 Å². The standard InChI is InChI=1S/C8H10Cl2N2O/c9-6-2-1-3-7(10)8(6)13-5-4-12-11/h1-3,12H,4-5,11H2/p+1. The van der Waals surface area contributed by atoms with Gasteiger partial charge in [0.2, 0.25) is 0 Å². The van der Waals surface area contributed by atoms with Crippen molar-refractivity contribution in [3.05, 3.63) is 28.2 Å². The third-order valence-corrected chi connectivity index (χ3v) is 2.04. The Morgan fingerprint density at radius 2 is 1.92 bits per heavy atom. The van der Waals surface area contributed by atoms with Crippen molar-refractivity contribution in [3.8, 4) is 5.75 Å². The van der Waals surface area contributed by atoms with E-state index in [0.29, 0.717) is 28.9 Å². The highest BCUT2D eigenvalue weighted by Gasteiger charge is 2.05. The molecule has 0 atom stereocenters. The Balaban J connectivity index is 2.64. The molecule has 0 heterocycles. The van der Waals surface area contributed by atoms with E-state index in [0.717, 1.165) is 0 Å². The minimum Gasteiger partial charge on any atom is -0.489 e. The molecule has 0 radical (unpaired) electrons. The highest BCUT2D eigenvalue weighted by molar-refractivity contribution is 6.37. The summed E-state index contributed by atoms with van der Waals surface area (Å²) in [5.41, 5.74) is 2.72. The third kappa shape index (κ3) is 3.04. The lowest BCUT2D eigenvalue weighted by atomic mass is 10.3. The molecule has 0 unspecified atom stereocenters. The Hall–Kier alpha value is -0.480. The van der Waals surface area contributed by atoms with Crippen molar-refractivity contribution in [1.82, 2.24) is 5.43 Å². The molecule has 0 saturated carbocycles. The topological polar surface area (TPSA) is 48.9 Å². The van der Waals surface area contributed by atoms with Crippen LogP contribution in [0.3, 0.4) is 0 Å². The second-order valence-electron chi connectivity index (χ2n) is 2.40. The summed E-state index contributed by atoms with van der Waals surface area (Å²) in [6, 6.07) is 5.25. The first-order valence-corrected chi connectivity index (χ1v) is 4.58. The van der Waals surface area contributed by atoms with E-state index in [4.69, 9.17) is 27.9 Å². The highest BCUT2D eigenvalue weighted by Crippen LogP contribution is 2.31. The first-order chi connectivity index (χ1) is 6.25. The SMILES string of the molecule is [NH3+]NCCOc1c(Cl)cccc1Cl. The summed E-state index contributed by atoms with van der Waals surface area (Å²) in [5.74, 6) is 3.99. The largest absolute Gasteiger partial charge is 0.489 e. The number of halogens is 2. The van der Waals surface area contributed by atoms with Gasteiger partial charge < -0.3 is 4.74 Å². The van der Waals surface area contributed by atoms with Crippen LogP contribution in [0.25, 0.3) is 0 Å². The number of hydrogen-bond donors (Lipinski definition) is 2. The highest BCUT2D eigenvalue weighted by atomic mass is 35.5. The van der Waals surface area contributed by atoms with Crippen molar-refractivity contribution >= 4 is 23.2 Å². The molecule has 0 spiro atoms. The molecule has 0 bridgehead atoms. The first-order valence-electron chi connectivity index (χ1n) is 3.82. The van der Waals surface area contributed by atoms with Gasteiger partial charge in [-0.05, 0) is 12.1 Å². The number of rotatable bonds is 4. The Morgan fingerprint density at radius 3 is 2.46 bits per heavy atom. The molecule has 0 aliphatic rings. The van der Waals surface area contributed by atoms with Crippen LogP contribution in [0.4, 0.5) is 0 Å². The number of hydrogen-bond acceptors (Lipinski definition) is 2. The molecule has 4 N–H and O–H groups in total. The van der Waals surface area contributed by atoms with Crippen molar-refractivity contribution in [1.29, 1.82) is 0 Å². The quantitative estimate of drug-likeness (QED) is 0.592. The Morgan fingerprint density at radius 1 is 1.31 bits per heavy atom. The predicted molar refractivity (Wildman–Crippen MR) is 52.8 cm³/mol. The normalized spacial score (nSPS) is 10.1. The smallest absolute Gasteiger partial charge is 0.156 e. The van der Waals surface area contributed by atoms with E-state index in [1.54, 1.807) is 18.2 Å². The minimum absolute atomic E-state index is 0.493. The first kappa shape index (κ1) is 10.6. The molecule has 1 rings (SSSR count). The zero-order chi connectivity index (χ0) is 9.68. The molecule has 5 heteroatoms. The predicted octanol–water partition coefficient (Wildman–Crippen LogP) is 1.12. The van der Waals surface area contributed by atoms with Crippen LogP contribution in [-0.4, -0.2) is 13.2 Å². The summed E-state index contributed by atoms with van der Waals surface area (Å²) in [6.45, 7) is 1.15. The Kier molecular flexibility index (Phi) is 4.32. The minimum atomic E-state index is 0.493. The lowest BCUT2D eigenvalue weighted by Gasteiger charge is -2.08. The number of para-hydroxylation sites is 1. The number of ether oxygens (including phenoxy) is 1. The van der Waals surface area contributed by atoms with E-state index in [9.17, 15) is 0 Å². The third-order valence-electron chi connectivity index (χ3n) is 1.44. The lowest BCUT2D eigenvalue weighted by Crippen LogP contribution is -2.65. The van der Waals surface area contributed by atoms with Gasteiger partial charge in [0.1, 0.15) is 6.61 Å². The summed E-state index contributed by atoms with van der Waals surface area (Å²) in [5, 5.41) is 1.05. The van der Waals surface area contributed by atoms with Gasteiger partial charge in [0.25, 0.3) is 0 Å². The maximum atomic E-state index is 5.86. The van der Waals surface area contributed by atoms with Gasteiger partial charge >= 0.3 is 0 Å². The molecule has 3 nitrogen and oxygen atoms in total. The number of quaternary nitrogens is 1. The zero-order valence-electron chi connectivity index (χ0n) is 7.02. The summed E-state index contributed by atoms with van der Waals surface area (Å²) in [7, 11) is 0. The van der Waals surface area contributed by atoms with Gasteiger partial charge in [0.05, 0.1) is 16.6 Å². The maximum absolute atomic E-state index is 5.86. The van der Waals surface area contributed by atoms with Crippen LogP contribution in [0.2, 0.25) is 10.0 Å². The summed E-state index contributed by atoms with van der Waals surface area (Å²) < 4.78 is 5.34. The molecule has 0 aliphatic heterocycles. The zero-order valence-corrected chi connectivity index (χ0v) is 8.53. The van der Waals surface area contributed by atoms with Crippen LogP contribution < -0.4 is 16.0 Å². The summed E-state index contributed by atoms with van der Waals surface area (Å²) >= 11 is 11.7. The molecule has 0 amide bonds. The van der Waals surface area contributed by atoms with Crippen molar-refractivity contribution in [2.45, 2.75) is 0 Å². The molecule has 0 aliphatic carbocycles. The van der Waals surface area contributed by atoms with Crippen LogP contribution in [0.15, 0.2) is 18.2 Å². The molecule has 13 heavy (non-hydrogen) atoms. The Labute approximate surface area is 86.7 Å². The molecule has 0 saturated heterocycles. The fourth-order valence-electron chi connectivity index (χ4n) is 0.846. The van der Waals surface area contributed by atoms with Gasteiger partial charge in [0, 0.05) is 0 Å². The maximum Gasteiger partial charge on any atom is 0.156 e. The van der Waals surface area contributed by atoms with Crippen molar-refractivity contribution < 1.29 is 10.6 Å². The van der Waals surface area contributed by atoms with Crippen molar-refractivity contribution in [3.63, 3.8) is 0 Å². The van der Waals surface area contributed by atoms with Gasteiger partial charge in [-0.3, -0.25) is 5.84 Å². The average molecular weight is 222 g/mol.